The molecule has 0 spiro atoms. The van der Waals surface area contributed by atoms with E-state index in [1.54, 1.807) is 6.07 Å². The summed E-state index contributed by atoms with van der Waals surface area (Å²) in [4.78, 5) is 11.5. The van der Waals surface area contributed by atoms with Crippen LogP contribution in [-0.4, -0.2) is 11.1 Å². The Morgan fingerprint density at radius 1 is 1.00 bits per heavy atom. The molecule has 0 bridgehead atoms. The first-order valence-electron chi connectivity index (χ1n) is 9.09. The van der Waals surface area contributed by atoms with E-state index in [1.165, 1.54) is 16.7 Å². The Bertz CT molecular complexity index is 1060. The van der Waals surface area contributed by atoms with Gasteiger partial charge in [0.2, 0.25) is 0 Å². The summed E-state index contributed by atoms with van der Waals surface area (Å²) in [5.41, 5.74) is 6.41. The molecule has 3 aromatic rings. The van der Waals surface area contributed by atoms with E-state index in [-0.39, 0.29) is 12.0 Å². The Kier molecular flexibility index (Phi) is 3.83. The fourth-order valence-corrected chi connectivity index (χ4v) is 5.14. The second kappa shape index (κ2) is 6.24. The van der Waals surface area contributed by atoms with E-state index in [9.17, 15) is 9.90 Å². The molecule has 3 nitrogen and oxygen atoms in total. The lowest BCUT2D eigenvalue weighted by molar-refractivity contribution is 0.0696. The maximum absolute atomic E-state index is 11.5. The molecule has 27 heavy (non-hydrogen) atoms. The van der Waals surface area contributed by atoms with Crippen LogP contribution in [0.25, 0.3) is 0 Å². The number of aromatic carboxylic acids is 1. The van der Waals surface area contributed by atoms with Crippen LogP contribution in [0.5, 0.6) is 0 Å². The number of carboxylic acid groups (broad SMARTS) is 1. The zero-order chi connectivity index (χ0) is 18.5. The maximum Gasteiger partial charge on any atom is 0.335 e. The Morgan fingerprint density at radius 2 is 1.85 bits per heavy atom. The minimum Gasteiger partial charge on any atom is -0.478 e. The highest BCUT2D eigenvalue weighted by atomic mass is 79.9. The van der Waals surface area contributed by atoms with E-state index in [4.69, 9.17) is 0 Å². The fraction of sp³-hybridized carbons (Fsp3) is 0.174. The molecule has 0 radical (unpaired) electrons. The summed E-state index contributed by atoms with van der Waals surface area (Å²) < 4.78 is 1.07. The minimum atomic E-state index is -0.880. The van der Waals surface area contributed by atoms with E-state index < -0.39 is 5.97 Å². The van der Waals surface area contributed by atoms with E-state index in [1.807, 2.05) is 18.2 Å². The Hall–Kier alpha value is -2.59. The SMILES string of the molecule is O=C(O)c1ccc2c(c1)[C@@H]1c3ccccc3C[C@@H]1[C@@H](c1cccc(Br)c1)N2. The molecule has 1 heterocycles. The van der Waals surface area contributed by atoms with Gasteiger partial charge in [-0.1, -0.05) is 52.3 Å². The Labute approximate surface area is 166 Å². The zero-order valence-electron chi connectivity index (χ0n) is 14.5. The highest BCUT2D eigenvalue weighted by molar-refractivity contribution is 9.10. The van der Waals surface area contributed by atoms with Gasteiger partial charge in [0.1, 0.15) is 0 Å². The van der Waals surface area contributed by atoms with Gasteiger partial charge >= 0.3 is 5.97 Å². The number of hydrogen-bond acceptors (Lipinski definition) is 2. The first kappa shape index (κ1) is 16.6. The predicted octanol–water partition coefficient (Wildman–Crippen LogP) is 5.62. The van der Waals surface area contributed by atoms with Crippen LogP contribution in [0.4, 0.5) is 5.69 Å². The van der Waals surface area contributed by atoms with Gasteiger partial charge in [-0.15, -0.1) is 0 Å². The summed E-state index contributed by atoms with van der Waals surface area (Å²) in [6.45, 7) is 0. The second-order valence-corrected chi connectivity index (χ2v) is 8.24. The molecule has 2 N–H and O–H groups in total. The molecule has 0 amide bonds. The van der Waals surface area contributed by atoms with Crippen molar-refractivity contribution in [1.29, 1.82) is 0 Å². The summed E-state index contributed by atoms with van der Waals surface area (Å²) in [5.74, 6) is -0.316. The van der Waals surface area contributed by atoms with Crippen LogP contribution >= 0.6 is 15.9 Å². The molecule has 0 saturated heterocycles. The molecule has 0 fully saturated rings. The van der Waals surface area contributed by atoms with E-state index in [2.05, 4.69) is 63.7 Å². The molecule has 134 valence electrons. The minimum absolute atomic E-state index is 0.183. The number of carbonyl (C=O) groups is 1. The highest BCUT2D eigenvalue weighted by Gasteiger charge is 2.43. The number of fused-ring (bicyclic) bond motifs is 5. The Balaban J connectivity index is 1.69. The number of anilines is 1. The first-order valence-corrected chi connectivity index (χ1v) is 9.88. The van der Waals surface area contributed by atoms with E-state index >= 15 is 0 Å². The third-order valence-electron chi connectivity index (χ3n) is 5.85. The van der Waals surface area contributed by atoms with Gasteiger partial charge in [-0.05, 0) is 64.9 Å². The van der Waals surface area contributed by atoms with Crippen LogP contribution in [0, 0.1) is 5.92 Å². The second-order valence-electron chi connectivity index (χ2n) is 7.33. The Morgan fingerprint density at radius 3 is 2.67 bits per heavy atom. The molecule has 3 atom stereocenters. The van der Waals surface area contributed by atoms with Gasteiger partial charge in [0.25, 0.3) is 0 Å². The molecule has 0 saturated carbocycles. The van der Waals surface area contributed by atoms with Crippen LogP contribution in [0.3, 0.4) is 0 Å². The summed E-state index contributed by atoms with van der Waals surface area (Å²) in [6, 6.07) is 22.7. The smallest absolute Gasteiger partial charge is 0.335 e. The monoisotopic (exact) mass is 419 g/mol. The maximum atomic E-state index is 11.5. The molecule has 1 aliphatic carbocycles. The third kappa shape index (κ3) is 2.67. The van der Waals surface area contributed by atoms with Gasteiger partial charge in [-0.2, -0.15) is 0 Å². The number of hydrogen-bond donors (Lipinski definition) is 2. The van der Waals surface area contributed by atoms with Crippen molar-refractivity contribution in [2.75, 3.05) is 5.32 Å². The van der Waals surface area contributed by atoms with Gasteiger partial charge in [0.05, 0.1) is 11.6 Å². The van der Waals surface area contributed by atoms with Crippen molar-refractivity contribution in [2.24, 2.45) is 5.92 Å². The average molecular weight is 420 g/mol. The quantitative estimate of drug-likeness (QED) is 0.566. The van der Waals surface area contributed by atoms with Crippen LogP contribution in [0.1, 0.15) is 44.6 Å². The number of rotatable bonds is 2. The lowest BCUT2D eigenvalue weighted by Crippen LogP contribution is -2.30. The molecule has 1 aliphatic heterocycles. The van der Waals surface area contributed by atoms with Crippen LogP contribution < -0.4 is 5.32 Å². The van der Waals surface area contributed by atoms with Crippen molar-refractivity contribution < 1.29 is 9.90 Å². The van der Waals surface area contributed by atoms with Crippen molar-refractivity contribution in [3.05, 3.63) is 99.0 Å². The van der Waals surface area contributed by atoms with Crippen molar-refractivity contribution in [1.82, 2.24) is 0 Å². The molecule has 0 unspecified atom stereocenters. The van der Waals surface area contributed by atoms with Crippen molar-refractivity contribution in [3.63, 3.8) is 0 Å². The molecule has 5 rings (SSSR count). The van der Waals surface area contributed by atoms with Gasteiger partial charge in [0, 0.05) is 16.1 Å². The molecular weight excluding hydrogens is 402 g/mol. The van der Waals surface area contributed by atoms with Gasteiger partial charge in [0.15, 0.2) is 0 Å². The van der Waals surface area contributed by atoms with Crippen LogP contribution in [0.2, 0.25) is 0 Å². The lowest BCUT2D eigenvalue weighted by atomic mass is 9.75. The lowest BCUT2D eigenvalue weighted by Gasteiger charge is -2.38. The van der Waals surface area contributed by atoms with E-state index in [0.717, 1.165) is 22.1 Å². The van der Waals surface area contributed by atoms with Crippen molar-refractivity contribution in [3.8, 4) is 0 Å². The fourth-order valence-electron chi connectivity index (χ4n) is 4.72. The third-order valence-corrected chi connectivity index (χ3v) is 6.35. The molecule has 2 aliphatic rings. The average Bonchev–Trinajstić information content (AvgIpc) is 3.06. The van der Waals surface area contributed by atoms with E-state index in [0.29, 0.717) is 11.5 Å². The van der Waals surface area contributed by atoms with Crippen molar-refractivity contribution in [2.45, 2.75) is 18.4 Å². The van der Waals surface area contributed by atoms with Gasteiger partial charge in [-0.3, -0.25) is 0 Å². The largest absolute Gasteiger partial charge is 0.478 e. The summed E-state index contributed by atoms with van der Waals surface area (Å²) in [5, 5.41) is 13.2. The summed E-state index contributed by atoms with van der Waals surface area (Å²) in [6.07, 6.45) is 0.988. The standard InChI is InChI=1S/C23H18BrNO2/c24-16-6-3-5-14(10-16)22-19-11-13-4-1-2-7-17(13)21(19)18-12-15(23(26)27)8-9-20(18)25-22/h1-10,12,19,21-22,25H,11H2,(H,26,27)/t19-,21-,22+/m0/s1. The number of halogens is 1. The van der Waals surface area contributed by atoms with Crippen LogP contribution in [0.15, 0.2) is 71.2 Å². The van der Waals surface area contributed by atoms with Crippen LogP contribution in [-0.2, 0) is 6.42 Å². The molecule has 0 aromatic heterocycles. The molecule has 4 heteroatoms. The predicted molar refractivity (Wildman–Crippen MR) is 109 cm³/mol. The number of nitrogens with one attached hydrogen (secondary N) is 1. The number of carboxylic acids is 1. The van der Waals surface area contributed by atoms with Crippen molar-refractivity contribution >= 4 is 27.6 Å². The normalized spacial score (nSPS) is 22.3. The van der Waals surface area contributed by atoms with Gasteiger partial charge < -0.3 is 10.4 Å². The number of benzene rings is 3. The zero-order valence-corrected chi connectivity index (χ0v) is 16.1. The summed E-state index contributed by atoms with van der Waals surface area (Å²) in [7, 11) is 0. The molecular formula is C23H18BrNO2. The highest BCUT2D eigenvalue weighted by Crippen LogP contribution is 2.54. The topological polar surface area (TPSA) is 49.3 Å². The first-order chi connectivity index (χ1) is 13.1. The molecule has 3 aromatic carbocycles. The van der Waals surface area contributed by atoms with Gasteiger partial charge in [-0.25, -0.2) is 4.79 Å². The summed E-state index contributed by atoms with van der Waals surface area (Å²) >= 11 is 3.59.